The molecule has 0 N–H and O–H groups in total. The van der Waals surface area contributed by atoms with E-state index in [0.29, 0.717) is 60.8 Å². The molecule has 1 aliphatic rings. The first kappa shape index (κ1) is 27.9. The van der Waals surface area contributed by atoms with Crippen molar-refractivity contribution in [2.45, 2.75) is 61.6 Å². The van der Waals surface area contributed by atoms with E-state index in [1.165, 1.54) is 17.8 Å². The molecule has 202 valence electrons. The van der Waals surface area contributed by atoms with E-state index < -0.39 is 21.8 Å². The highest BCUT2D eigenvalue weighted by Gasteiger charge is 2.31. The monoisotopic (exact) mass is 555 g/mol. The minimum absolute atomic E-state index is 0.211. The van der Waals surface area contributed by atoms with Crippen molar-refractivity contribution < 1.29 is 26.3 Å². The first-order chi connectivity index (χ1) is 17.6. The summed E-state index contributed by atoms with van der Waals surface area (Å²) in [5.41, 5.74) is 1.19. The van der Waals surface area contributed by atoms with E-state index in [1.807, 2.05) is 11.5 Å². The van der Waals surface area contributed by atoms with Crippen LogP contribution in [0.4, 0.5) is 13.2 Å². The third kappa shape index (κ3) is 6.68. The molecular formula is C26H32F3N3O3S2. The Bertz CT molecular complexity index is 1330. The first-order valence-electron chi connectivity index (χ1n) is 12.5. The number of piperidine rings is 1. The molecule has 0 spiro atoms. The minimum Gasteiger partial charge on any atom is -0.382 e. The predicted octanol–water partition coefficient (Wildman–Crippen LogP) is 6.19. The summed E-state index contributed by atoms with van der Waals surface area (Å²) in [7, 11) is -3.64. The summed E-state index contributed by atoms with van der Waals surface area (Å²) < 4.78 is 75.0. The molecule has 1 aliphatic heterocycles. The van der Waals surface area contributed by atoms with Crippen LogP contribution >= 0.6 is 11.8 Å². The van der Waals surface area contributed by atoms with E-state index in [0.717, 1.165) is 36.9 Å². The zero-order chi connectivity index (χ0) is 26.6. The molecule has 6 nitrogen and oxygen atoms in total. The molecule has 0 amide bonds. The van der Waals surface area contributed by atoms with Crippen LogP contribution in [0.15, 0.2) is 52.5 Å². The number of alkyl halides is 3. The van der Waals surface area contributed by atoms with Crippen LogP contribution in [-0.4, -0.2) is 48.6 Å². The summed E-state index contributed by atoms with van der Waals surface area (Å²) in [6.07, 6.45) is -1.82. The Balaban J connectivity index is 1.62. The highest BCUT2D eigenvalue weighted by molar-refractivity contribution is 7.98. The molecule has 1 saturated heterocycles. The first-order valence-corrected chi connectivity index (χ1v) is 14.9. The fourth-order valence-electron chi connectivity index (χ4n) is 4.54. The number of imidazole rings is 1. The molecule has 0 aliphatic carbocycles. The van der Waals surface area contributed by atoms with Gasteiger partial charge < -0.3 is 9.30 Å². The lowest BCUT2D eigenvalue weighted by Crippen LogP contribution is -2.39. The molecular weight excluding hydrogens is 523 g/mol. The number of halogens is 3. The second-order valence-electron chi connectivity index (χ2n) is 9.34. The average Bonchev–Trinajstić information content (AvgIpc) is 3.21. The van der Waals surface area contributed by atoms with Crippen LogP contribution in [0.1, 0.15) is 44.2 Å². The van der Waals surface area contributed by atoms with Crippen molar-refractivity contribution in [2.24, 2.45) is 5.92 Å². The summed E-state index contributed by atoms with van der Waals surface area (Å²) in [6, 6.07) is 10.3. The van der Waals surface area contributed by atoms with E-state index in [9.17, 15) is 21.6 Å². The van der Waals surface area contributed by atoms with Crippen LogP contribution in [-0.2, 0) is 33.2 Å². The number of benzene rings is 2. The van der Waals surface area contributed by atoms with E-state index in [2.05, 4.69) is 6.92 Å². The fourth-order valence-corrected chi connectivity index (χ4v) is 7.14. The normalized spacial score (nSPS) is 17.5. The maximum Gasteiger partial charge on any atom is 0.416 e. The van der Waals surface area contributed by atoms with Gasteiger partial charge in [-0.25, -0.2) is 13.4 Å². The Morgan fingerprint density at radius 1 is 1.19 bits per heavy atom. The molecule has 4 rings (SSSR count). The Morgan fingerprint density at radius 2 is 2.00 bits per heavy atom. The quantitative estimate of drug-likeness (QED) is 0.220. The summed E-state index contributed by atoms with van der Waals surface area (Å²) >= 11 is 1.33. The molecule has 37 heavy (non-hydrogen) atoms. The molecule has 0 saturated carbocycles. The van der Waals surface area contributed by atoms with E-state index in [4.69, 9.17) is 9.72 Å². The van der Waals surface area contributed by atoms with Gasteiger partial charge in [0, 0.05) is 38.6 Å². The Hall–Kier alpha value is -2.08. The van der Waals surface area contributed by atoms with E-state index in [-0.39, 0.29) is 4.90 Å². The number of sulfonamides is 1. The van der Waals surface area contributed by atoms with E-state index >= 15 is 0 Å². The second-order valence-corrected chi connectivity index (χ2v) is 12.2. The van der Waals surface area contributed by atoms with Gasteiger partial charge in [0.1, 0.15) is 0 Å². The summed E-state index contributed by atoms with van der Waals surface area (Å²) in [6.45, 7) is 6.76. The van der Waals surface area contributed by atoms with Gasteiger partial charge in [-0.3, -0.25) is 0 Å². The summed E-state index contributed by atoms with van der Waals surface area (Å²) in [5, 5.41) is 0.630. The smallest absolute Gasteiger partial charge is 0.382 e. The zero-order valence-corrected chi connectivity index (χ0v) is 22.6. The van der Waals surface area contributed by atoms with Gasteiger partial charge in [-0.05, 0) is 61.9 Å². The molecule has 2 heterocycles. The van der Waals surface area contributed by atoms with Gasteiger partial charge in [-0.15, -0.1) is 0 Å². The number of fused-ring (bicyclic) bond motifs is 1. The lowest BCUT2D eigenvalue weighted by molar-refractivity contribution is -0.137. The van der Waals surface area contributed by atoms with Crippen molar-refractivity contribution in [3.8, 4) is 0 Å². The van der Waals surface area contributed by atoms with Gasteiger partial charge >= 0.3 is 6.18 Å². The van der Waals surface area contributed by atoms with Crippen molar-refractivity contribution in [2.75, 3.05) is 26.3 Å². The molecule has 0 unspecified atom stereocenters. The molecule has 0 bridgehead atoms. The Morgan fingerprint density at radius 3 is 2.73 bits per heavy atom. The van der Waals surface area contributed by atoms with Crippen molar-refractivity contribution in [3.05, 3.63) is 53.6 Å². The van der Waals surface area contributed by atoms with Gasteiger partial charge in [0.15, 0.2) is 5.16 Å². The maximum absolute atomic E-state index is 13.3. The second kappa shape index (κ2) is 11.8. The predicted molar refractivity (Wildman–Crippen MR) is 139 cm³/mol. The molecule has 11 heteroatoms. The van der Waals surface area contributed by atoms with Crippen LogP contribution in [0.25, 0.3) is 11.0 Å². The number of rotatable bonds is 10. The lowest BCUT2D eigenvalue weighted by Gasteiger charge is -2.30. The van der Waals surface area contributed by atoms with Crippen molar-refractivity contribution in [1.29, 1.82) is 0 Å². The van der Waals surface area contributed by atoms with Gasteiger partial charge in [-0.1, -0.05) is 36.9 Å². The molecule has 3 aromatic rings. The summed E-state index contributed by atoms with van der Waals surface area (Å²) in [4.78, 5) is 4.92. The summed E-state index contributed by atoms with van der Waals surface area (Å²) in [5.74, 6) is 0.617. The standard InChI is InChI=1S/C26H32F3N3O3S2/c1-3-35-14-6-13-32-24-11-10-22(37(33,34)31-12-5-7-19(2)17-31)16-23(24)30-25(32)36-18-20-8-4-9-21(15-20)26(27,28)29/h4,8-11,15-16,19H,3,5-7,12-14,17-18H2,1-2H3/t19-/m1/s1. The highest BCUT2D eigenvalue weighted by Crippen LogP contribution is 2.33. The van der Waals surface area contributed by atoms with E-state index in [1.54, 1.807) is 28.6 Å². The van der Waals surface area contributed by atoms with Gasteiger partial charge in [0.05, 0.1) is 21.5 Å². The maximum atomic E-state index is 13.3. The minimum atomic E-state index is -4.40. The highest BCUT2D eigenvalue weighted by atomic mass is 32.2. The number of aryl methyl sites for hydroxylation is 1. The zero-order valence-electron chi connectivity index (χ0n) is 21.0. The SMILES string of the molecule is CCOCCCn1c(SCc2cccc(C(F)(F)F)c2)nc2cc(S(=O)(=O)N3CCC[C@@H](C)C3)ccc21. The van der Waals surface area contributed by atoms with Crippen molar-refractivity contribution in [1.82, 2.24) is 13.9 Å². The number of nitrogens with zero attached hydrogens (tertiary/aromatic N) is 3. The van der Waals surface area contributed by atoms with Crippen LogP contribution in [0, 0.1) is 5.92 Å². The number of hydrogen-bond donors (Lipinski definition) is 0. The Labute approximate surface area is 220 Å². The lowest BCUT2D eigenvalue weighted by atomic mass is 10.0. The molecule has 1 atom stereocenters. The van der Waals surface area contributed by atoms with Crippen LogP contribution in [0.5, 0.6) is 0 Å². The molecule has 2 aromatic carbocycles. The van der Waals surface area contributed by atoms with Gasteiger partial charge in [-0.2, -0.15) is 17.5 Å². The number of thioether (sulfide) groups is 1. The van der Waals surface area contributed by atoms with Crippen LogP contribution < -0.4 is 0 Å². The van der Waals surface area contributed by atoms with Gasteiger partial charge in [0.25, 0.3) is 0 Å². The topological polar surface area (TPSA) is 64.4 Å². The van der Waals surface area contributed by atoms with Crippen LogP contribution in [0.2, 0.25) is 0 Å². The third-order valence-corrected chi connectivity index (χ3v) is 9.35. The third-order valence-electron chi connectivity index (χ3n) is 6.44. The van der Waals surface area contributed by atoms with Gasteiger partial charge in [0.2, 0.25) is 10.0 Å². The molecule has 1 aromatic heterocycles. The number of hydrogen-bond acceptors (Lipinski definition) is 5. The van der Waals surface area contributed by atoms with Crippen LogP contribution in [0.3, 0.4) is 0 Å². The number of aromatic nitrogens is 2. The fraction of sp³-hybridized carbons (Fsp3) is 0.500. The largest absolute Gasteiger partial charge is 0.416 e. The Kier molecular flexibility index (Phi) is 8.88. The average molecular weight is 556 g/mol. The molecule has 0 radical (unpaired) electrons. The van der Waals surface area contributed by atoms with Crippen molar-refractivity contribution in [3.63, 3.8) is 0 Å². The molecule has 1 fully saturated rings. The number of ether oxygens (including phenoxy) is 1. The van der Waals surface area contributed by atoms with Crippen molar-refractivity contribution >= 4 is 32.8 Å².